The van der Waals surface area contributed by atoms with Gasteiger partial charge in [-0.15, -0.1) is 11.3 Å². The Morgan fingerprint density at radius 2 is 2.23 bits per heavy atom. The first-order valence-electron chi connectivity index (χ1n) is 4.97. The molecule has 74 valence electrons. The number of thiophene rings is 1. The zero-order chi connectivity index (χ0) is 9.68. The van der Waals surface area contributed by atoms with E-state index < -0.39 is 0 Å². The summed E-state index contributed by atoms with van der Waals surface area (Å²) in [5.74, 6) is 0.306. The van der Waals surface area contributed by atoms with Crippen molar-refractivity contribution in [1.82, 2.24) is 0 Å². The van der Waals surface area contributed by atoms with Crippen molar-refractivity contribution in [3.63, 3.8) is 0 Å². The van der Waals surface area contributed by atoms with Gasteiger partial charge in [0.25, 0.3) is 0 Å². The Kier molecular flexibility index (Phi) is 4.46. The first-order chi connectivity index (χ1) is 6.27. The van der Waals surface area contributed by atoms with Crippen LogP contribution < -0.4 is 0 Å². The molecule has 0 saturated heterocycles. The zero-order valence-electron chi connectivity index (χ0n) is 8.42. The molecule has 0 aliphatic carbocycles. The van der Waals surface area contributed by atoms with Gasteiger partial charge >= 0.3 is 0 Å². The van der Waals surface area contributed by atoms with E-state index in [0.717, 1.165) is 0 Å². The topological polar surface area (TPSA) is 20.2 Å². The van der Waals surface area contributed by atoms with Crippen molar-refractivity contribution in [2.75, 3.05) is 6.61 Å². The molecule has 1 aromatic heterocycles. The smallest absolute Gasteiger partial charge is 0.0504 e. The van der Waals surface area contributed by atoms with E-state index in [-0.39, 0.29) is 6.61 Å². The Morgan fingerprint density at radius 3 is 2.85 bits per heavy atom. The third kappa shape index (κ3) is 3.12. The molecule has 0 fully saturated rings. The zero-order valence-corrected chi connectivity index (χ0v) is 9.23. The molecule has 0 aliphatic rings. The predicted octanol–water partition coefficient (Wildman–Crippen LogP) is 3.19. The van der Waals surface area contributed by atoms with Gasteiger partial charge in [-0.05, 0) is 25.0 Å². The lowest BCUT2D eigenvalue weighted by atomic mass is 10.1. The fourth-order valence-electron chi connectivity index (χ4n) is 1.23. The van der Waals surface area contributed by atoms with Gasteiger partial charge in [0.1, 0.15) is 0 Å². The maximum Gasteiger partial charge on any atom is 0.0504 e. The van der Waals surface area contributed by atoms with Crippen molar-refractivity contribution in [2.45, 2.75) is 39.0 Å². The summed E-state index contributed by atoms with van der Waals surface area (Å²) in [5, 5.41) is 8.98. The van der Waals surface area contributed by atoms with Crippen LogP contribution in [0.1, 0.15) is 42.4 Å². The van der Waals surface area contributed by atoms with Crippen molar-refractivity contribution >= 4 is 11.3 Å². The fourth-order valence-corrected chi connectivity index (χ4v) is 2.33. The molecule has 1 rings (SSSR count). The minimum Gasteiger partial charge on any atom is -0.396 e. The second-order valence-corrected chi connectivity index (χ2v) is 4.69. The number of aliphatic hydroxyl groups excluding tert-OH is 1. The molecule has 1 aromatic rings. The first kappa shape index (κ1) is 10.7. The molecule has 13 heavy (non-hydrogen) atoms. The van der Waals surface area contributed by atoms with E-state index in [0.29, 0.717) is 5.92 Å². The van der Waals surface area contributed by atoms with Gasteiger partial charge in [0.05, 0.1) is 6.61 Å². The molecule has 0 radical (unpaired) electrons. The van der Waals surface area contributed by atoms with Crippen LogP contribution in [0.4, 0.5) is 0 Å². The SMILES string of the molecule is CCCCc1ccc([C@@H](C)CO)s1. The molecular formula is C11H18OS. The Morgan fingerprint density at radius 1 is 1.46 bits per heavy atom. The monoisotopic (exact) mass is 198 g/mol. The van der Waals surface area contributed by atoms with Gasteiger partial charge in [-0.3, -0.25) is 0 Å². The van der Waals surface area contributed by atoms with Crippen LogP contribution in [0, 0.1) is 0 Å². The molecule has 0 amide bonds. The summed E-state index contributed by atoms with van der Waals surface area (Å²) in [4.78, 5) is 2.77. The lowest BCUT2D eigenvalue weighted by Gasteiger charge is -2.02. The summed E-state index contributed by atoms with van der Waals surface area (Å²) in [7, 11) is 0. The number of hydrogen-bond acceptors (Lipinski definition) is 2. The number of unbranched alkanes of at least 4 members (excludes halogenated alkanes) is 1. The molecule has 0 unspecified atom stereocenters. The standard InChI is InChI=1S/C11H18OS/c1-3-4-5-10-6-7-11(13-10)9(2)8-12/h6-7,9,12H,3-5,8H2,1-2H3/t9-/m0/s1. The third-order valence-corrected chi connectivity index (χ3v) is 3.60. The highest BCUT2D eigenvalue weighted by molar-refractivity contribution is 7.12. The largest absolute Gasteiger partial charge is 0.396 e. The van der Waals surface area contributed by atoms with E-state index in [1.807, 2.05) is 11.3 Å². The first-order valence-corrected chi connectivity index (χ1v) is 5.79. The number of aryl methyl sites for hydroxylation is 1. The summed E-state index contributed by atoms with van der Waals surface area (Å²) in [5.41, 5.74) is 0. The third-order valence-electron chi connectivity index (χ3n) is 2.22. The average molecular weight is 198 g/mol. The molecule has 1 heterocycles. The highest BCUT2D eigenvalue weighted by Gasteiger charge is 2.06. The van der Waals surface area contributed by atoms with E-state index in [2.05, 4.69) is 26.0 Å². The van der Waals surface area contributed by atoms with Crippen LogP contribution >= 0.6 is 11.3 Å². The van der Waals surface area contributed by atoms with Gasteiger partial charge in [0.15, 0.2) is 0 Å². The lowest BCUT2D eigenvalue weighted by molar-refractivity contribution is 0.274. The maximum atomic E-state index is 8.98. The van der Waals surface area contributed by atoms with Gasteiger partial charge in [0.2, 0.25) is 0 Å². The average Bonchev–Trinajstić information content (AvgIpc) is 2.62. The van der Waals surface area contributed by atoms with Crippen molar-refractivity contribution < 1.29 is 5.11 Å². The highest BCUT2D eigenvalue weighted by Crippen LogP contribution is 2.25. The van der Waals surface area contributed by atoms with Crippen molar-refractivity contribution in [3.05, 3.63) is 21.9 Å². The Bertz CT molecular complexity index is 242. The molecular weight excluding hydrogens is 180 g/mol. The van der Waals surface area contributed by atoms with Crippen LogP contribution in [0.5, 0.6) is 0 Å². The van der Waals surface area contributed by atoms with Gasteiger partial charge < -0.3 is 5.11 Å². The van der Waals surface area contributed by atoms with Crippen molar-refractivity contribution in [3.8, 4) is 0 Å². The van der Waals surface area contributed by atoms with Crippen LogP contribution in [0.25, 0.3) is 0 Å². The minimum atomic E-state index is 0.258. The molecule has 1 atom stereocenters. The quantitative estimate of drug-likeness (QED) is 0.770. The molecule has 0 spiro atoms. The molecule has 1 N–H and O–H groups in total. The molecule has 1 nitrogen and oxygen atoms in total. The summed E-state index contributed by atoms with van der Waals surface area (Å²) < 4.78 is 0. The molecule has 0 aromatic carbocycles. The van der Waals surface area contributed by atoms with Gasteiger partial charge in [-0.1, -0.05) is 20.3 Å². The number of rotatable bonds is 5. The maximum absolute atomic E-state index is 8.98. The van der Waals surface area contributed by atoms with Gasteiger partial charge in [0, 0.05) is 15.7 Å². The number of aliphatic hydroxyl groups is 1. The lowest BCUT2D eigenvalue weighted by Crippen LogP contribution is -1.94. The van der Waals surface area contributed by atoms with Crippen LogP contribution in [-0.2, 0) is 6.42 Å². The van der Waals surface area contributed by atoms with Crippen molar-refractivity contribution in [2.24, 2.45) is 0 Å². The summed E-state index contributed by atoms with van der Waals surface area (Å²) in [6.07, 6.45) is 3.72. The molecule has 0 bridgehead atoms. The molecule has 0 aliphatic heterocycles. The van der Waals surface area contributed by atoms with Crippen molar-refractivity contribution in [1.29, 1.82) is 0 Å². The van der Waals surface area contributed by atoms with E-state index >= 15 is 0 Å². The van der Waals surface area contributed by atoms with E-state index in [9.17, 15) is 0 Å². The second kappa shape index (κ2) is 5.40. The summed E-state index contributed by atoms with van der Waals surface area (Å²) in [6.45, 7) is 4.54. The van der Waals surface area contributed by atoms with Gasteiger partial charge in [-0.2, -0.15) is 0 Å². The Balaban J connectivity index is 2.53. The van der Waals surface area contributed by atoms with Crippen LogP contribution in [0.3, 0.4) is 0 Å². The fraction of sp³-hybridized carbons (Fsp3) is 0.636. The van der Waals surface area contributed by atoms with Crippen LogP contribution in [-0.4, -0.2) is 11.7 Å². The van der Waals surface area contributed by atoms with Crippen LogP contribution in [0.15, 0.2) is 12.1 Å². The van der Waals surface area contributed by atoms with Crippen LogP contribution in [0.2, 0.25) is 0 Å². The van der Waals surface area contributed by atoms with Gasteiger partial charge in [-0.25, -0.2) is 0 Å². The highest BCUT2D eigenvalue weighted by atomic mass is 32.1. The summed E-state index contributed by atoms with van der Waals surface area (Å²) >= 11 is 1.85. The second-order valence-electron chi connectivity index (χ2n) is 3.49. The van der Waals surface area contributed by atoms with E-state index in [4.69, 9.17) is 5.11 Å². The number of hydrogen-bond donors (Lipinski definition) is 1. The molecule has 0 saturated carbocycles. The Hall–Kier alpha value is -0.340. The molecule has 2 heteroatoms. The predicted molar refractivity (Wildman–Crippen MR) is 58.4 cm³/mol. The minimum absolute atomic E-state index is 0.258. The van der Waals surface area contributed by atoms with E-state index in [1.165, 1.54) is 29.0 Å². The Labute approximate surface area is 84.4 Å². The van der Waals surface area contributed by atoms with E-state index in [1.54, 1.807) is 0 Å². The normalized spacial score (nSPS) is 13.2. The summed E-state index contributed by atoms with van der Waals surface area (Å²) in [6, 6.07) is 4.35.